The first-order valence-corrected chi connectivity index (χ1v) is 9.98. The van der Waals surface area contributed by atoms with E-state index in [9.17, 15) is 19.9 Å². The van der Waals surface area contributed by atoms with E-state index in [1.54, 1.807) is 30.3 Å². The van der Waals surface area contributed by atoms with E-state index in [-0.39, 0.29) is 0 Å². The van der Waals surface area contributed by atoms with Crippen molar-refractivity contribution in [2.75, 3.05) is 14.2 Å². The number of ketones is 1. The molecule has 3 rings (SSSR count). The summed E-state index contributed by atoms with van der Waals surface area (Å²) in [6, 6.07) is 16.9. The van der Waals surface area contributed by atoms with Gasteiger partial charge in [-0.1, -0.05) is 72.8 Å². The Balaban J connectivity index is 2.10. The van der Waals surface area contributed by atoms with Crippen molar-refractivity contribution >= 4 is 29.5 Å². The predicted octanol–water partition coefficient (Wildman–Crippen LogP) is 2.03. The summed E-state index contributed by atoms with van der Waals surface area (Å²) in [6.45, 7) is 0. The number of benzene rings is 2. The first kappa shape index (κ1) is 22.8. The van der Waals surface area contributed by atoms with E-state index in [2.05, 4.69) is 14.8 Å². The maximum Gasteiger partial charge on any atom is 0.441 e. The third-order valence-electron chi connectivity index (χ3n) is 5.45. The van der Waals surface area contributed by atoms with Crippen LogP contribution >= 0.6 is 0 Å². The van der Waals surface area contributed by atoms with Crippen molar-refractivity contribution in [2.24, 2.45) is 5.92 Å². The van der Waals surface area contributed by atoms with Crippen molar-refractivity contribution < 1.29 is 28.6 Å². The van der Waals surface area contributed by atoms with Crippen molar-refractivity contribution in [1.82, 2.24) is 5.32 Å². The third kappa shape index (κ3) is 4.72. The van der Waals surface area contributed by atoms with Crippen LogP contribution in [0.5, 0.6) is 0 Å². The van der Waals surface area contributed by atoms with Crippen LogP contribution in [0.25, 0.3) is 11.6 Å². The zero-order chi connectivity index (χ0) is 23.1. The SMILES string of the molecule is COC(=O)C(=[N+]=[N-])C(=O)[C@H]1[C@H](c2ccccc2)[C@@H](C(=O)OC)N[C@H]1/C=C/c1ccccc1. The van der Waals surface area contributed by atoms with Crippen LogP contribution in [-0.4, -0.2) is 54.5 Å². The van der Waals surface area contributed by atoms with Crippen LogP contribution in [0, 0.1) is 5.92 Å². The van der Waals surface area contributed by atoms with Crippen molar-refractivity contribution in [1.29, 1.82) is 0 Å². The number of hydrogen-bond donors (Lipinski definition) is 1. The average Bonchev–Trinajstić information content (AvgIpc) is 3.23. The predicted molar refractivity (Wildman–Crippen MR) is 117 cm³/mol. The molecular formula is C24H23N3O5. The molecule has 2 aromatic rings. The first-order valence-electron chi connectivity index (χ1n) is 9.98. The van der Waals surface area contributed by atoms with Crippen LogP contribution in [-0.2, 0) is 23.9 Å². The number of methoxy groups -OCH3 is 2. The van der Waals surface area contributed by atoms with Crippen molar-refractivity contribution in [2.45, 2.75) is 18.0 Å². The maximum atomic E-state index is 13.4. The molecule has 32 heavy (non-hydrogen) atoms. The number of rotatable bonds is 7. The Bertz CT molecular complexity index is 1060. The van der Waals surface area contributed by atoms with Gasteiger partial charge in [0.15, 0.2) is 0 Å². The van der Waals surface area contributed by atoms with E-state index in [0.29, 0.717) is 5.56 Å². The highest BCUT2D eigenvalue weighted by molar-refractivity contribution is 6.62. The van der Waals surface area contributed by atoms with Gasteiger partial charge in [-0.15, -0.1) is 0 Å². The van der Waals surface area contributed by atoms with Gasteiger partial charge in [0.2, 0.25) is 0 Å². The van der Waals surface area contributed by atoms with Gasteiger partial charge in [-0.3, -0.25) is 14.9 Å². The second-order valence-corrected chi connectivity index (χ2v) is 7.23. The summed E-state index contributed by atoms with van der Waals surface area (Å²) in [7, 11) is 2.36. The molecule has 0 aliphatic carbocycles. The fourth-order valence-corrected chi connectivity index (χ4v) is 3.99. The molecule has 164 valence electrons. The Morgan fingerprint density at radius 3 is 2.16 bits per heavy atom. The molecule has 1 heterocycles. The summed E-state index contributed by atoms with van der Waals surface area (Å²) in [6.07, 6.45) is 3.57. The van der Waals surface area contributed by atoms with Gasteiger partial charge in [0.1, 0.15) is 6.04 Å². The van der Waals surface area contributed by atoms with Gasteiger partial charge in [0.25, 0.3) is 5.78 Å². The Labute approximate surface area is 185 Å². The zero-order valence-electron chi connectivity index (χ0n) is 17.7. The summed E-state index contributed by atoms with van der Waals surface area (Å²) in [5.41, 5.74) is 10.2. The molecular weight excluding hydrogens is 410 g/mol. The number of carbonyl (C=O) groups is 3. The largest absolute Gasteiger partial charge is 0.468 e. The highest BCUT2D eigenvalue weighted by Crippen LogP contribution is 2.38. The second kappa shape index (κ2) is 10.4. The number of ether oxygens (including phenoxy) is 2. The second-order valence-electron chi connectivity index (χ2n) is 7.23. The lowest BCUT2D eigenvalue weighted by Gasteiger charge is -2.22. The Morgan fingerprint density at radius 2 is 1.59 bits per heavy atom. The topological polar surface area (TPSA) is 118 Å². The van der Waals surface area contributed by atoms with Crippen molar-refractivity contribution in [3.63, 3.8) is 0 Å². The van der Waals surface area contributed by atoms with E-state index < -0.39 is 47.4 Å². The van der Waals surface area contributed by atoms with Gasteiger partial charge < -0.3 is 15.0 Å². The van der Waals surface area contributed by atoms with Crippen LogP contribution in [0.15, 0.2) is 66.7 Å². The van der Waals surface area contributed by atoms with E-state index >= 15 is 0 Å². The lowest BCUT2D eigenvalue weighted by Crippen LogP contribution is -2.39. The molecule has 8 heteroatoms. The monoisotopic (exact) mass is 433 g/mol. The smallest absolute Gasteiger partial charge is 0.441 e. The van der Waals surface area contributed by atoms with Crippen molar-refractivity contribution in [3.05, 3.63) is 83.4 Å². The van der Waals surface area contributed by atoms with Crippen LogP contribution in [0.3, 0.4) is 0 Å². The molecule has 4 atom stereocenters. The molecule has 0 unspecified atom stereocenters. The molecule has 1 aliphatic heterocycles. The Hall–Kier alpha value is -3.87. The van der Waals surface area contributed by atoms with E-state index in [1.807, 2.05) is 42.5 Å². The fourth-order valence-electron chi connectivity index (χ4n) is 3.99. The van der Waals surface area contributed by atoms with Crippen molar-refractivity contribution in [3.8, 4) is 0 Å². The Morgan fingerprint density at radius 1 is 0.969 bits per heavy atom. The highest BCUT2D eigenvalue weighted by Gasteiger charge is 2.53. The molecule has 2 aromatic carbocycles. The van der Waals surface area contributed by atoms with Gasteiger partial charge in [-0.25, -0.2) is 4.79 Å². The lowest BCUT2D eigenvalue weighted by molar-refractivity contribution is -0.143. The molecule has 0 bridgehead atoms. The highest BCUT2D eigenvalue weighted by atomic mass is 16.5. The van der Waals surface area contributed by atoms with E-state index in [0.717, 1.165) is 12.7 Å². The van der Waals surface area contributed by atoms with Gasteiger partial charge in [-0.2, -0.15) is 4.79 Å². The molecule has 1 N–H and O–H groups in total. The molecule has 0 saturated carbocycles. The summed E-state index contributed by atoms with van der Waals surface area (Å²) < 4.78 is 9.58. The number of nitrogens with one attached hydrogen (secondary N) is 1. The van der Waals surface area contributed by atoms with E-state index in [4.69, 9.17) is 4.74 Å². The number of carbonyl (C=O) groups excluding carboxylic acids is 3. The number of hydrogen-bond acceptors (Lipinski definition) is 6. The molecule has 0 spiro atoms. The van der Waals surface area contributed by atoms with Gasteiger partial charge in [0.05, 0.1) is 20.1 Å². The van der Waals surface area contributed by atoms with Gasteiger partial charge in [-0.05, 0) is 11.1 Å². The summed E-state index contributed by atoms with van der Waals surface area (Å²) in [5.74, 6) is -3.96. The number of esters is 2. The quantitative estimate of drug-likeness (QED) is 0.235. The molecule has 0 amide bonds. The summed E-state index contributed by atoms with van der Waals surface area (Å²) in [5, 5.41) is 3.16. The minimum absolute atomic E-state index is 0.548. The van der Waals surface area contributed by atoms with Crippen LogP contribution < -0.4 is 5.32 Å². The average molecular weight is 433 g/mol. The maximum absolute atomic E-state index is 13.4. The van der Waals surface area contributed by atoms with Crippen LogP contribution in [0.2, 0.25) is 0 Å². The standard InChI is InChI=1S/C24H23N3O5/c1-31-23(29)20-18(16-11-7-4-8-12-16)19(22(28)21(27-25)24(30)32-2)17(26-20)14-13-15-9-5-3-6-10-15/h3-14,17-20,26H,1-2H3/b14-13+/t17-,18-,19+,20-/m0/s1. The molecule has 8 nitrogen and oxygen atoms in total. The van der Waals surface area contributed by atoms with Gasteiger partial charge >= 0.3 is 17.7 Å². The molecule has 1 aliphatic rings. The van der Waals surface area contributed by atoms with Crippen LogP contribution in [0.4, 0.5) is 0 Å². The minimum atomic E-state index is -1.06. The molecule has 1 saturated heterocycles. The zero-order valence-corrected chi connectivity index (χ0v) is 17.7. The fraction of sp³-hybridized carbons (Fsp3) is 0.250. The number of Topliss-reactive ketones (excluding diaryl/α,β-unsaturated/α-hetero) is 1. The number of nitrogens with zero attached hydrogens (tertiary/aromatic N) is 2. The summed E-state index contributed by atoms with van der Waals surface area (Å²) in [4.78, 5) is 41.0. The lowest BCUT2D eigenvalue weighted by atomic mass is 9.78. The minimum Gasteiger partial charge on any atom is -0.468 e. The van der Waals surface area contributed by atoms with Gasteiger partial charge in [0, 0.05) is 12.0 Å². The Kier molecular flexibility index (Phi) is 7.44. The summed E-state index contributed by atoms with van der Waals surface area (Å²) >= 11 is 0. The van der Waals surface area contributed by atoms with Crippen LogP contribution in [0.1, 0.15) is 17.0 Å². The third-order valence-corrected chi connectivity index (χ3v) is 5.45. The van der Waals surface area contributed by atoms with E-state index in [1.165, 1.54) is 7.11 Å². The first-order chi connectivity index (χ1) is 15.5. The normalized spacial score (nSPS) is 22.2. The molecule has 1 fully saturated rings. The molecule has 0 aromatic heterocycles. The molecule has 0 radical (unpaired) electrons.